The molecule has 1 N–H and O–H groups in total. The predicted octanol–water partition coefficient (Wildman–Crippen LogP) is 1.79. The first-order valence-corrected chi connectivity index (χ1v) is 6.35. The molecule has 1 unspecified atom stereocenters. The predicted molar refractivity (Wildman–Crippen MR) is 73.3 cm³/mol. The summed E-state index contributed by atoms with van der Waals surface area (Å²) in [6.45, 7) is 8.06. The quantitative estimate of drug-likeness (QED) is 0.799. The molecule has 0 aliphatic rings. The molecule has 1 heterocycles. The van der Waals surface area contributed by atoms with E-state index in [1.54, 1.807) is 7.11 Å². The first-order chi connectivity index (χ1) is 8.60. The number of nitrogens with one attached hydrogen (secondary N) is 1. The minimum atomic E-state index is 0.340. The van der Waals surface area contributed by atoms with Crippen LogP contribution in [0.15, 0.2) is 0 Å². The van der Waals surface area contributed by atoms with Gasteiger partial charge in [-0.25, -0.2) is 0 Å². The van der Waals surface area contributed by atoms with Crippen molar-refractivity contribution in [2.75, 3.05) is 37.5 Å². The second-order valence-corrected chi connectivity index (χ2v) is 4.37. The molecule has 1 rings (SSSR count). The van der Waals surface area contributed by atoms with Gasteiger partial charge in [0.2, 0.25) is 11.9 Å². The fraction of sp³-hybridized carbons (Fsp3) is 0.750. The standard InChI is InChI=1S/C12H23N5O/c1-6-9(3)8-17(4)11-14-10(13-7-2)15-12(16-11)18-5/h9H,6-8H2,1-5H3,(H,13,14,15,16). The van der Waals surface area contributed by atoms with Crippen molar-refractivity contribution in [1.82, 2.24) is 15.0 Å². The highest BCUT2D eigenvalue weighted by Gasteiger charge is 2.12. The second kappa shape index (κ2) is 6.98. The Hall–Kier alpha value is -1.59. The molecule has 1 atom stereocenters. The Labute approximate surface area is 109 Å². The Kier molecular flexibility index (Phi) is 5.61. The van der Waals surface area contributed by atoms with Gasteiger partial charge in [0, 0.05) is 20.1 Å². The molecule has 0 bridgehead atoms. The van der Waals surface area contributed by atoms with Crippen molar-refractivity contribution in [3.05, 3.63) is 0 Å². The number of hydrogen-bond donors (Lipinski definition) is 1. The second-order valence-electron chi connectivity index (χ2n) is 4.37. The summed E-state index contributed by atoms with van der Waals surface area (Å²) in [5.41, 5.74) is 0. The van der Waals surface area contributed by atoms with Crippen molar-refractivity contribution in [2.24, 2.45) is 5.92 Å². The number of aromatic nitrogens is 3. The molecule has 0 saturated heterocycles. The first-order valence-electron chi connectivity index (χ1n) is 6.35. The fourth-order valence-corrected chi connectivity index (χ4v) is 1.52. The summed E-state index contributed by atoms with van der Waals surface area (Å²) in [4.78, 5) is 14.8. The molecule has 1 aromatic rings. The van der Waals surface area contributed by atoms with Crippen molar-refractivity contribution in [3.8, 4) is 6.01 Å². The molecular weight excluding hydrogens is 230 g/mol. The van der Waals surface area contributed by atoms with E-state index in [2.05, 4.69) is 34.1 Å². The molecule has 0 aliphatic heterocycles. The third kappa shape index (κ3) is 4.01. The number of methoxy groups -OCH3 is 1. The third-order valence-corrected chi connectivity index (χ3v) is 2.74. The van der Waals surface area contributed by atoms with Crippen LogP contribution in [0.2, 0.25) is 0 Å². The van der Waals surface area contributed by atoms with Crippen LogP contribution in [0.4, 0.5) is 11.9 Å². The molecule has 0 saturated carbocycles. The SMILES string of the molecule is CCNc1nc(OC)nc(N(C)CC(C)CC)n1. The van der Waals surface area contributed by atoms with Crippen LogP contribution < -0.4 is 15.0 Å². The van der Waals surface area contributed by atoms with Gasteiger partial charge in [0.25, 0.3) is 0 Å². The highest BCUT2D eigenvalue weighted by molar-refractivity contribution is 5.37. The van der Waals surface area contributed by atoms with E-state index >= 15 is 0 Å². The van der Waals surface area contributed by atoms with E-state index in [1.165, 1.54) is 0 Å². The summed E-state index contributed by atoms with van der Waals surface area (Å²) in [6.07, 6.45) is 1.13. The van der Waals surface area contributed by atoms with Gasteiger partial charge >= 0.3 is 6.01 Å². The molecule has 0 aromatic carbocycles. The van der Waals surface area contributed by atoms with Gasteiger partial charge in [0.15, 0.2) is 0 Å². The lowest BCUT2D eigenvalue weighted by Crippen LogP contribution is -2.26. The summed E-state index contributed by atoms with van der Waals surface area (Å²) in [5, 5.41) is 3.08. The lowest BCUT2D eigenvalue weighted by Gasteiger charge is -2.21. The van der Waals surface area contributed by atoms with Crippen molar-refractivity contribution in [3.63, 3.8) is 0 Å². The fourth-order valence-electron chi connectivity index (χ4n) is 1.52. The monoisotopic (exact) mass is 253 g/mol. The van der Waals surface area contributed by atoms with Gasteiger partial charge < -0.3 is 15.0 Å². The van der Waals surface area contributed by atoms with Crippen molar-refractivity contribution in [1.29, 1.82) is 0 Å². The van der Waals surface area contributed by atoms with Crippen LogP contribution >= 0.6 is 0 Å². The highest BCUT2D eigenvalue weighted by Crippen LogP contribution is 2.15. The highest BCUT2D eigenvalue weighted by atomic mass is 16.5. The zero-order valence-corrected chi connectivity index (χ0v) is 11.9. The van der Waals surface area contributed by atoms with Gasteiger partial charge in [-0.15, -0.1) is 0 Å². The molecule has 0 radical (unpaired) electrons. The van der Waals surface area contributed by atoms with Crippen LogP contribution in [0.25, 0.3) is 0 Å². The number of nitrogens with zero attached hydrogens (tertiary/aromatic N) is 4. The molecule has 1 aromatic heterocycles. The number of anilines is 2. The van der Waals surface area contributed by atoms with Crippen molar-refractivity contribution >= 4 is 11.9 Å². The van der Waals surface area contributed by atoms with Gasteiger partial charge in [-0.05, 0) is 12.8 Å². The minimum absolute atomic E-state index is 0.340. The number of ether oxygens (including phenoxy) is 1. The van der Waals surface area contributed by atoms with Crippen LogP contribution in [-0.4, -0.2) is 42.2 Å². The van der Waals surface area contributed by atoms with Crippen LogP contribution in [0.3, 0.4) is 0 Å². The van der Waals surface area contributed by atoms with Gasteiger partial charge in [0.05, 0.1) is 7.11 Å². The summed E-state index contributed by atoms with van der Waals surface area (Å²) in [5.74, 6) is 1.79. The van der Waals surface area contributed by atoms with Crippen LogP contribution in [-0.2, 0) is 0 Å². The van der Waals surface area contributed by atoms with E-state index in [0.717, 1.165) is 19.5 Å². The van der Waals surface area contributed by atoms with E-state index in [0.29, 0.717) is 23.8 Å². The minimum Gasteiger partial charge on any atom is -0.467 e. The summed E-state index contributed by atoms with van der Waals surface area (Å²) < 4.78 is 5.09. The average molecular weight is 253 g/mol. The zero-order chi connectivity index (χ0) is 13.5. The maximum absolute atomic E-state index is 5.09. The maximum atomic E-state index is 5.09. The lowest BCUT2D eigenvalue weighted by molar-refractivity contribution is 0.378. The molecule has 6 heteroatoms. The van der Waals surface area contributed by atoms with Gasteiger partial charge in [-0.2, -0.15) is 15.0 Å². The molecule has 6 nitrogen and oxygen atoms in total. The molecule has 18 heavy (non-hydrogen) atoms. The maximum Gasteiger partial charge on any atom is 0.322 e. The molecule has 0 spiro atoms. The van der Waals surface area contributed by atoms with Crippen molar-refractivity contribution < 1.29 is 4.74 Å². The summed E-state index contributed by atoms with van der Waals surface area (Å²) >= 11 is 0. The Bertz CT molecular complexity index is 371. The van der Waals surface area contributed by atoms with Crippen LogP contribution in [0.1, 0.15) is 27.2 Å². The van der Waals surface area contributed by atoms with E-state index in [1.807, 2.05) is 18.9 Å². The topological polar surface area (TPSA) is 63.2 Å². The lowest BCUT2D eigenvalue weighted by atomic mass is 10.1. The van der Waals surface area contributed by atoms with E-state index in [4.69, 9.17) is 4.74 Å². The van der Waals surface area contributed by atoms with E-state index in [9.17, 15) is 0 Å². The van der Waals surface area contributed by atoms with Gasteiger partial charge in [-0.1, -0.05) is 20.3 Å². The first kappa shape index (κ1) is 14.5. The zero-order valence-electron chi connectivity index (χ0n) is 11.9. The third-order valence-electron chi connectivity index (χ3n) is 2.74. The summed E-state index contributed by atoms with van der Waals surface area (Å²) in [6, 6.07) is 0.340. The molecular formula is C12H23N5O. The van der Waals surface area contributed by atoms with E-state index < -0.39 is 0 Å². The molecule has 0 amide bonds. The Morgan fingerprint density at radius 2 is 2.00 bits per heavy atom. The normalized spacial score (nSPS) is 12.1. The Morgan fingerprint density at radius 1 is 1.28 bits per heavy atom. The molecule has 0 fully saturated rings. The van der Waals surface area contributed by atoms with Crippen molar-refractivity contribution in [2.45, 2.75) is 27.2 Å². The van der Waals surface area contributed by atoms with Gasteiger partial charge in [0.1, 0.15) is 0 Å². The van der Waals surface area contributed by atoms with Crippen LogP contribution in [0, 0.1) is 5.92 Å². The number of rotatable bonds is 7. The summed E-state index contributed by atoms with van der Waals surface area (Å²) in [7, 11) is 3.54. The molecule has 102 valence electrons. The average Bonchev–Trinajstić information content (AvgIpc) is 2.38. The largest absolute Gasteiger partial charge is 0.467 e. The van der Waals surface area contributed by atoms with Gasteiger partial charge in [-0.3, -0.25) is 0 Å². The molecule has 0 aliphatic carbocycles. The van der Waals surface area contributed by atoms with E-state index in [-0.39, 0.29) is 0 Å². The van der Waals surface area contributed by atoms with Crippen LogP contribution in [0.5, 0.6) is 6.01 Å². The Balaban J connectivity index is 2.88. The number of hydrogen-bond acceptors (Lipinski definition) is 6. The Morgan fingerprint density at radius 3 is 2.56 bits per heavy atom. The smallest absolute Gasteiger partial charge is 0.322 e.